The van der Waals surface area contributed by atoms with Crippen LogP contribution in [0.25, 0.3) is 0 Å². The summed E-state index contributed by atoms with van der Waals surface area (Å²) in [6, 6.07) is 2.45. The predicted octanol–water partition coefficient (Wildman–Crippen LogP) is 1.80. The van der Waals surface area contributed by atoms with E-state index in [0.29, 0.717) is 18.5 Å². The number of aromatic nitrogens is 2. The van der Waals surface area contributed by atoms with E-state index in [2.05, 4.69) is 28.7 Å². The summed E-state index contributed by atoms with van der Waals surface area (Å²) in [6.45, 7) is 5.72. The normalized spacial score (nSPS) is 15.1. The monoisotopic (exact) mass is 250 g/mol. The topological polar surface area (TPSA) is 64.3 Å². The molecule has 1 heterocycles. The predicted molar refractivity (Wildman–Crippen MR) is 72.8 cm³/mol. The van der Waals surface area contributed by atoms with Crippen molar-refractivity contribution in [1.29, 1.82) is 0 Å². The molecule has 0 radical (unpaired) electrons. The summed E-state index contributed by atoms with van der Waals surface area (Å²) in [5.41, 5.74) is 5.88. The number of nitrogen functional groups attached to an aromatic ring is 1. The largest absolute Gasteiger partial charge is 0.384 e. The van der Waals surface area contributed by atoms with Crippen LogP contribution in [-0.4, -0.2) is 36.3 Å². The van der Waals surface area contributed by atoms with Crippen molar-refractivity contribution in [3.63, 3.8) is 0 Å². The van der Waals surface area contributed by atoms with E-state index in [1.54, 1.807) is 7.11 Å². The summed E-state index contributed by atoms with van der Waals surface area (Å²) in [7, 11) is 1.72. The minimum absolute atomic E-state index is 0.288. The summed E-state index contributed by atoms with van der Waals surface area (Å²) >= 11 is 0. The lowest BCUT2D eigenvalue weighted by atomic mass is 10.2. The molecule has 1 fully saturated rings. The maximum Gasteiger partial charge on any atom is 0.135 e. The van der Waals surface area contributed by atoms with Gasteiger partial charge in [-0.2, -0.15) is 0 Å². The second-order valence-corrected chi connectivity index (χ2v) is 5.08. The van der Waals surface area contributed by atoms with Gasteiger partial charge in [0.1, 0.15) is 17.5 Å². The van der Waals surface area contributed by atoms with Crippen LogP contribution in [0.4, 0.5) is 11.6 Å². The highest BCUT2D eigenvalue weighted by atomic mass is 16.5. The number of hydrogen-bond donors (Lipinski definition) is 1. The van der Waals surface area contributed by atoms with Gasteiger partial charge in [-0.3, -0.25) is 0 Å². The van der Waals surface area contributed by atoms with Crippen molar-refractivity contribution in [2.75, 3.05) is 30.9 Å². The SMILES string of the molecule is COCCN(c1cc(N)nc(C(C)C)n1)C1CC1. The Labute approximate surface area is 108 Å². The maximum atomic E-state index is 5.88. The molecule has 2 N–H and O–H groups in total. The van der Waals surface area contributed by atoms with Gasteiger partial charge < -0.3 is 15.4 Å². The number of nitrogens with two attached hydrogens (primary N) is 1. The molecule has 0 unspecified atom stereocenters. The third-order valence-electron chi connectivity index (χ3n) is 3.08. The number of hydrogen-bond acceptors (Lipinski definition) is 5. The minimum Gasteiger partial charge on any atom is -0.384 e. The summed E-state index contributed by atoms with van der Waals surface area (Å²) < 4.78 is 5.16. The molecule has 18 heavy (non-hydrogen) atoms. The quantitative estimate of drug-likeness (QED) is 0.834. The maximum absolute atomic E-state index is 5.88. The van der Waals surface area contributed by atoms with Crippen LogP contribution in [0.1, 0.15) is 38.4 Å². The Hall–Kier alpha value is -1.36. The third-order valence-corrected chi connectivity index (χ3v) is 3.08. The van der Waals surface area contributed by atoms with Crippen LogP contribution in [-0.2, 0) is 4.74 Å². The van der Waals surface area contributed by atoms with Crippen molar-refractivity contribution in [3.8, 4) is 0 Å². The fourth-order valence-electron chi connectivity index (χ4n) is 1.94. The first-order chi connectivity index (χ1) is 8.61. The highest BCUT2D eigenvalue weighted by molar-refractivity contribution is 5.49. The van der Waals surface area contributed by atoms with Crippen molar-refractivity contribution >= 4 is 11.6 Å². The molecule has 1 saturated carbocycles. The Balaban J connectivity index is 2.23. The van der Waals surface area contributed by atoms with Gasteiger partial charge in [0.15, 0.2) is 0 Å². The van der Waals surface area contributed by atoms with Gasteiger partial charge in [-0.1, -0.05) is 13.8 Å². The van der Waals surface area contributed by atoms with Gasteiger partial charge in [-0.25, -0.2) is 9.97 Å². The Kier molecular flexibility index (Phi) is 4.01. The molecule has 5 heteroatoms. The fourth-order valence-corrected chi connectivity index (χ4v) is 1.94. The van der Waals surface area contributed by atoms with E-state index >= 15 is 0 Å². The van der Waals surface area contributed by atoms with Gasteiger partial charge in [0.2, 0.25) is 0 Å². The smallest absolute Gasteiger partial charge is 0.135 e. The molecular formula is C13H22N4O. The molecule has 0 spiro atoms. The van der Waals surface area contributed by atoms with Crippen molar-refractivity contribution in [2.45, 2.75) is 38.6 Å². The van der Waals surface area contributed by atoms with E-state index in [4.69, 9.17) is 10.5 Å². The minimum atomic E-state index is 0.288. The molecule has 5 nitrogen and oxygen atoms in total. The molecule has 0 bridgehead atoms. The van der Waals surface area contributed by atoms with Crippen molar-refractivity contribution in [1.82, 2.24) is 9.97 Å². The van der Waals surface area contributed by atoms with Gasteiger partial charge in [0.25, 0.3) is 0 Å². The van der Waals surface area contributed by atoms with Gasteiger partial charge in [0, 0.05) is 31.7 Å². The third kappa shape index (κ3) is 3.10. The molecular weight excluding hydrogens is 228 g/mol. The molecule has 0 amide bonds. The Bertz CT molecular complexity index is 404. The van der Waals surface area contributed by atoms with Gasteiger partial charge in [0.05, 0.1) is 6.61 Å². The molecule has 0 aromatic carbocycles. The van der Waals surface area contributed by atoms with Gasteiger partial charge >= 0.3 is 0 Å². The molecule has 1 aromatic rings. The van der Waals surface area contributed by atoms with Crippen LogP contribution in [0.15, 0.2) is 6.07 Å². The Morgan fingerprint density at radius 3 is 2.72 bits per heavy atom. The van der Waals surface area contributed by atoms with Crippen LogP contribution in [0.2, 0.25) is 0 Å². The van der Waals surface area contributed by atoms with E-state index in [1.165, 1.54) is 12.8 Å². The van der Waals surface area contributed by atoms with Crippen molar-refractivity contribution in [2.24, 2.45) is 0 Å². The molecule has 1 aromatic heterocycles. The van der Waals surface area contributed by atoms with Crippen LogP contribution < -0.4 is 10.6 Å². The van der Waals surface area contributed by atoms with Crippen LogP contribution in [0.5, 0.6) is 0 Å². The molecule has 1 aliphatic rings. The highest BCUT2D eigenvalue weighted by Gasteiger charge is 2.30. The zero-order valence-corrected chi connectivity index (χ0v) is 11.4. The number of anilines is 2. The second-order valence-electron chi connectivity index (χ2n) is 5.08. The van der Waals surface area contributed by atoms with E-state index in [1.807, 2.05) is 6.07 Å². The second kappa shape index (κ2) is 5.52. The first-order valence-corrected chi connectivity index (χ1v) is 6.52. The van der Waals surface area contributed by atoms with E-state index in [0.717, 1.165) is 18.2 Å². The molecule has 0 atom stereocenters. The van der Waals surface area contributed by atoms with E-state index in [-0.39, 0.29) is 5.92 Å². The standard InChI is InChI=1S/C13H22N4O/c1-9(2)13-15-11(14)8-12(16-13)17(6-7-18-3)10-4-5-10/h8-10H,4-7H2,1-3H3,(H2,14,15,16). The molecule has 0 aliphatic heterocycles. The number of nitrogens with zero attached hydrogens (tertiary/aromatic N) is 3. The van der Waals surface area contributed by atoms with Gasteiger partial charge in [-0.05, 0) is 12.8 Å². The van der Waals surface area contributed by atoms with Crippen LogP contribution >= 0.6 is 0 Å². The average Bonchev–Trinajstić information content (AvgIpc) is 3.13. The zero-order valence-electron chi connectivity index (χ0n) is 11.4. The summed E-state index contributed by atoms with van der Waals surface area (Å²) in [5, 5.41) is 0. The lowest BCUT2D eigenvalue weighted by Gasteiger charge is -2.24. The Morgan fingerprint density at radius 2 is 2.17 bits per heavy atom. The lowest BCUT2D eigenvalue weighted by molar-refractivity contribution is 0.204. The molecule has 1 aliphatic carbocycles. The van der Waals surface area contributed by atoms with Crippen molar-refractivity contribution in [3.05, 3.63) is 11.9 Å². The number of methoxy groups -OCH3 is 1. The van der Waals surface area contributed by atoms with Crippen molar-refractivity contribution < 1.29 is 4.74 Å². The Morgan fingerprint density at radius 1 is 1.44 bits per heavy atom. The molecule has 0 saturated heterocycles. The lowest BCUT2D eigenvalue weighted by Crippen LogP contribution is -2.30. The summed E-state index contributed by atoms with van der Waals surface area (Å²) in [5.74, 6) is 2.58. The highest BCUT2D eigenvalue weighted by Crippen LogP contribution is 2.31. The summed E-state index contributed by atoms with van der Waals surface area (Å²) in [4.78, 5) is 11.2. The average molecular weight is 250 g/mol. The number of rotatable bonds is 6. The van der Waals surface area contributed by atoms with E-state index in [9.17, 15) is 0 Å². The van der Waals surface area contributed by atoms with Crippen LogP contribution in [0, 0.1) is 0 Å². The fraction of sp³-hybridized carbons (Fsp3) is 0.692. The molecule has 100 valence electrons. The first kappa shape index (κ1) is 13.1. The summed E-state index contributed by atoms with van der Waals surface area (Å²) in [6.07, 6.45) is 2.45. The first-order valence-electron chi connectivity index (χ1n) is 6.52. The van der Waals surface area contributed by atoms with E-state index < -0.39 is 0 Å². The zero-order chi connectivity index (χ0) is 13.1. The van der Waals surface area contributed by atoms with Crippen LogP contribution in [0.3, 0.4) is 0 Å². The molecule has 2 rings (SSSR count). The number of ether oxygens (including phenoxy) is 1. The van der Waals surface area contributed by atoms with Gasteiger partial charge in [-0.15, -0.1) is 0 Å².